The molecule has 0 spiro atoms. The zero-order valence-electron chi connectivity index (χ0n) is 7.41. The van der Waals surface area contributed by atoms with Crippen LogP contribution in [0.25, 0.3) is 10.1 Å². The molecule has 1 heterocycles. The van der Waals surface area contributed by atoms with E-state index in [1.165, 1.54) is 11.3 Å². The Morgan fingerprint density at radius 3 is 2.93 bits per heavy atom. The van der Waals surface area contributed by atoms with Crippen LogP contribution in [-0.4, -0.2) is 12.5 Å². The van der Waals surface area contributed by atoms with Crippen molar-refractivity contribution < 1.29 is 4.79 Å². The highest BCUT2D eigenvalue weighted by Gasteiger charge is 2.08. The van der Waals surface area contributed by atoms with Gasteiger partial charge in [0.05, 0.1) is 14.6 Å². The Morgan fingerprint density at radius 1 is 1.50 bits per heavy atom. The normalized spacial score (nSPS) is 10.7. The van der Waals surface area contributed by atoms with Crippen LogP contribution < -0.4 is 0 Å². The standard InChI is InChI=1S/C10H7ClOS2/c1-13-9-3-2-8(11)10-7(9)4-6(5-12)14-10/h2-5H,1H3. The van der Waals surface area contributed by atoms with Crippen molar-refractivity contribution in [1.82, 2.24) is 0 Å². The van der Waals surface area contributed by atoms with Gasteiger partial charge in [0.2, 0.25) is 0 Å². The summed E-state index contributed by atoms with van der Waals surface area (Å²) >= 11 is 9.14. The minimum Gasteiger partial charge on any atom is -0.297 e. The Balaban J connectivity index is 2.81. The van der Waals surface area contributed by atoms with Crippen LogP contribution in [0.4, 0.5) is 0 Å². The SMILES string of the molecule is CSc1ccc(Cl)c2sc(C=O)cc12. The van der Waals surface area contributed by atoms with E-state index in [2.05, 4.69) is 0 Å². The first-order valence-electron chi connectivity index (χ1n) is 3.97. The third-order valence-corrected chi connectivity index (χ3v) is 4.27. The van der Waals surface area contributed by atoms with Crippen LogP contribution in [-0.2, 0) is 0 Å². The molecule has 0 aliphatic heterocycles. The third-order valence-electron chi connectivity index (χ3n) is 1.95. The minimum absolute atomic E-state index is 0.718. The summed E-state index contributed by atoms with van der Waals surface area (Å²) in [7, 11) is 0. The molecule has 0 bridgehead atoms. The molecule has 2 rings (SSSR count). The Hall–Kier alpha value is -0.510. The number of hydrogen-bond acceptors (Lipinski definition) is 3. The van der Waals surface area contributed by atoms with Gasteiger partial charge in [0.1, 0.15) is 0 Å². The summed E-state index contributed by atoms with van der Waals surface area (Å²) in [5.74, 6) is 0. The summed E-state index contributed by atoms with van der Waals surface area (Å²) in [6, 6.07) is 5.75. The lowest BCUT2D eigenvalue weighted by molar-refractivity contribution is 0.112. The van der Waals surface area contributed by atoms with Gasteiger partial charge in [0.15, 0.2) is 6.29 Å². The second-order valence-corrected chi connectivity index (χ2v) is 5.10. The van der Waals surface area contributed by atoms with Crippen LogP contribution in [0.1, 0.15) is 9.67 Å². The number of hydrogen-bond donors (Lipinski definition) is 0. The number of carbonyl (C=O) groups is 1. The largest absolute Gasteiger partial charge is 0.297 e. The van der Waals surface area contributed by atoms with Gasteiger partial charge in [-0.3, -0.25) is 4.79 Å². The van der Waals surface area contributed by atoms with Crippen molar-refractivity contribution in [3.05, 3.63) is 28.1 Å². The summed E-state index contributed by atoms with van der Waals surface area (Å²) in [5, 5.41) is 1.80. The highest BCUT2D eigenvalue weighted by molar-refractivity contribution is 7.98. The topological polar surface area (TPSA) is 17.1 Å². The summed E-state index contributed by atoms with van der Waals surface area (Å²) in [5.41, 5.74) is 0. The lowest BCUT2D eigenvalue weighted by Gasteiger charge is -1.99. The molecule has 0 saturated carbocycles. The summed E-state index contributed by atoms with van der Waals surface area (Å²) in [6.45, 7) is 0. The molecule has 72 valence electrons. The van der Waals surface area contributed by atoms with Gasteiger partial charge in [0.25, 0.3) is 0 Å². The van der Waals surface area contributed by atoms with Gasteiger partial charge in [-0.1, -0.05) is 11.6 Å². The van der Waals surface area contributed by atoms with E-state index in [0.717, 1.165) is 31.2 Å². The Bertz CT molecular complexity index is 490. The molecule has 0 unspecified atom stereocenters. The van der Waals surface area contributed by atoms with E-state index in [4.69, 9.17) is 11.6 Å². The predicted octanol–water partition coefficient (Wildman–Crippen LogP) is 4.09. The zero-order chi connectivity index (χ0) is 10.1. The number of thiophene rings is 1. The average molecular weight is 243 g/mol. The fraction of sp³-hybridized carbons (Fsp3) is 0.100. The van der Waals surface area contributed by atoms with Crippen molar-refractivity contribution in [3.8, 4) is 0 Å². The zero-order valence-corrected chi connectivity index (χ0v) is 9.80. The molecule has 0 aliphatic carbocycles. The maximum absolute atomic E-state index is 10.6. The molecule has 0 atom stereocenters. The van der Waals surface area contributed by atoms with Gasteiger partial charge in [-0.25, -0.2) is 0 Å². The quantitative estimate of drug-likeness (QED) is 0.583. The van der Waals surface area contributed by atoms with E-state index in [1.54, 1.807) is 11.8 Å². The second-order valence-electron chi connectivity index (χ2n) is 2.76. The molecular weight excluding hydrogens is 236 g/mol. The van der Waals surface area contributed by atoms with Crippen molar-refractivity contribution in [3.63, 3.8) is 0 Å². The number of thioether (sulfide) groups is 1. The Kier molecular flexibility index (Phi) is 2.81. The van der Waals surface area contributed by atoms with Crippen molar-refractivity contribution in [1.29, 1.82) is 0 Å². The molecule has 0 amide bonds. The average Bonchev–Trinajstić information content (AvgIpc) is 2.63. The van der Waals surface area contributed by atoms with E-state index in [0.29, 0.717) is 0 Å². The van der Waals surface area contributed by atoms with Crippen LogP contribution in [0, 0.1) is 0 Å². The Labute approximate surface area is 95.1 Å². The number of rotatable bonds is 2. The molecule has 0 fully saturated rings. The maximum Gasteiger partial charge on any atom is 0.160 e. The molecule has 1 aromatic carbocycles. The van der Waals surface area contributed by atoms with Crippen molar-refractivity contribution in [2.24, 2.45) is 0 Å². The fourth-order valence-electron chi connectivity index (χ4n) is 1.32. The summed E-state index contributed by atoms with van der Waals surface area (Å²) in [4.78, 5) is 12.5. The monoisotopic (exact) mass is 242 g/mol. The van der Waals surface area contributed by atoms with Crippen LogP contribution >= 0.6 is 34.7 Å². The fourth-order valence-corrected chi connectivity index (χ4v) is 3.16. The predicted molar refractivity (Wildman–Crippen MR) is 64.0 cm³/mol. The number of fused-ring (bicyclic) bond motifs is 1. The van der Waals surface area contributed by atoms with Crippen LogP contribution in [0.5, 0.6) is 0 Å². The van der Waals surface area contributed by atoms with E-state index in [1.807, 2.05) is 24.5 Å². The smallest absolute Gasteiger partial charge is 0.160 e. The van der Waals surface area contributed by atoms with E-state index in [-0.39, 0.29) is 0 Å². The summed E-state index contributed by atoms with van der Waals surface area (Å²) in [6.07, 6.45) is 2.88. The Morgan fingerprint density at radius 2 is 2.29 bits per heavy atom. The first kappa shape index (κ1) is 10.0. The van der Waals surface area contributed by atoms with Crippen molar-refractivity contribution in [2.45, 2.75) is 4.90 Å². The maximum atomic E-state index is 10.6. The molecule has 0 aliphatic rings. The molecule has 14 heavy (non-hydrogen) atoms. The number of aldehydes is 1. The molecular formula is C10H7ClOS2. The van der Waals surface area contributed by atoms with Crippen molar-refractivity contribution >= 4 is 51.1 Å². The van der Waals surface area contributed by atoms with E-state index in [9.17, 15) is 4.79 Å². The highest BCUT2D eigenvalue weighted by Crippen LogP contribution is 2.36. The molecule has 1 aromatic heterocycles. The van der Waals surface area contributed by atoms with Crippen LogP contribution in [0.3, 0.4) is 0 Å². The lowest BCUT2D eigenvalue weighted by atomic mass is 10.2. The van der Waals surface area contributed by atoms with Crippen LogP contribution in [0.2, 0.25) is 5.02 Å². The summed E-state index contributed by atoms with van der Waals surface area (Å²) < 4.78 is 1.00. The number of halogens is 1. The number of carbonyl (C=O) groups excluding carboxylic acids is 1. The van der Waals surface area contributed by atoms with Crippen molar-refractivity contribution in [2.75, 3.05) is 6.26 Å². The second kappa shape index (κ2) is 3.93. The van der Waals surface area contributed by atoms with E-state index < -0.39 is 0 Å². The molecule has 0 radical (unpaired) electrons. The van der Waals surface area contributed by atoms with E-state index >= 15 is 0 Å². The number of benzene rings is 1. The highest BCUT2D eigenvalue weighted by atomic mass is 35.5. The molecule has 4 heteroatoms. The minimum atomic E-state index is 0.718. The van der Waals surface area contributed by atoms with Gasteiger partial charge in [0, 0.05) is 10.3 Å². The third kappa shape index (κ3) is 1.56. The van der Waals surface area contributed by atoms with Crippen LogP contribution in [0.15, 0.2) is 23.1 Å². The first-order valence-corrected chi connectivity index (χ1v) is 6.39. The molecule has 1 nitrogen and oxygen atoms in total. The van der Waals surface area contributed by atoms with Gasteiger partial charge >= 0.3 is 0 Å². The first-order chi connectivity index (χ1) is 6.76. The molecule has 0 N–H and O–H groups in total. The van der Waals surface area contributed by atoms with Gasteiger partial charge in [-0.2, -0.15) is 0 Å². The molecule has 0 saturated heterocycles. The van der Waals surface area contributed by atoms with Gasteiger partial charge in [-0.05, 0) is 24.5 Å². The van der Waals surface area contributed by atoms with Gasteiger partial charge in [-0.15, -0.1) is 23.1 Å². The van der Waals surface area contributed by atoms with Gasteiger partial charge < -0.3 is 0 Å². The lowest BCUT2D eigenvalue weighted by Crippen LogP contribution is -1.71. The molecule has 2 aromatic rings.